The van der Waals surface area contributed by atoms with Gasteiger partial charge < -0.3 is 4.74 Å². The Morgan fingerprint density at radius 1 is 1.35 bits per heavy atom. The first kappa shape index (κ1) is 13.6. The summed E-state index contributed by atoms with van der Waals surface area (Å²) in [5, 5.41) is 3.37. The van der Waals surface area contributed by atoms with Crippen LogP contribution in [0.15, 0.2) is 24.3 Å². The van der Waals surface area contributed by atoms with Crippen molar-refractivity contribution < 1.29 is 4.74 Å². The SMILES string of the molecule is C#CC(NCc1ccccc1OCC)C(C)C. The lowest BCUT2D eigenvalue weighted by Crippen LogP contribution is -2.31. The van der Waals surface area contributed by atoms with Crippen molar-refractivity contribution in [2.75, 3.05) is 6.61 Å². The number of rotatable bonds is 6. The molecule has 1 atom stereocenters. The number of nitrogens with one attached hydrogen (secondary N) is 1. The first-order valence-corrected chi connectivity index (χ1v) is 6.09. The van der Waals surface area contributed by atoms with Crippen molar-refractivity contribution in [3.8, 4) is 18.1 Å². The second-order valence-corrected chi connectivity index (χ2v) is 4.31. The Morgan fingerprint density at radius 2 is 2.06 bits per heavy atom. The summed E-state index contributed by atoms with van der Waals surface area (Å²) in [5.41, 5.74) is 1.15. The Hall–Kier alpha value is -1.46. The Labute approximate surface area is 104 Å². The first-order chi connectivity index (χ1) is 8.19. The van der Waals surface area contributed by atoms with Gasteiger partial charge in [0.1, 0.15) is 5.75 Å². The van der Waals surface area contributed by atoms with Gasteiger partial charge in [-0.2, -0.15) is 0 Å². The van der Waals surface area contributed by atoms with E-state index >= 15 is 0 Å². The first-order valence-electron chi connectivity index (χ1n) is 6.09. The normalized spacial score (nSPS) is 12.2. The van der Waals surface area contributed by atoms with E-state index in [1.165, 1.54) is 0 Å². The van der Waals surface area contributed by atoms with E-state index < -0.39 is 0 Å². The molecule has 2 nitrogen and oxygen atoms in total. The van der Waals surface area contributed by atoms with Gasteiger partial charge in [0, 0.05) is 12.1 Å². The van der Waals surface area contributed by atoms with Gasteiger partial charge in [0.05, 0.1) is 12.6 Å². The molecule has 0 fully saturated rings. The van der Waals surface area contributed by atoms with E-state index in [-0.39, 0.29) is 6.04 Å². The molecule has 0 aliphatic heterocycles. The van der Waals surface area contributed by atoms with Crippen molar-refractivity contribution >= 4 is 0 Å². The molecule has 2 heteroatoms. The fraction of sp³-hybridized carbons (Fsp3) is 0.467. The Bertz CT molecular complexity index is 379. The predicted molar refractivity (Wildman–Crippen MR) is 71.9 cm³/mol. The van der Waals surface area contributed by atoms with Gasteiger partial charge in [0.15, 0.2) is 0 Å². The van der Waals surface area contributed by atoms with Crippen LogP contribution in [0.2, 0.25) is 0 Å². The van der Waals surface area contributed by atoms with Gasteiger partial charge in [0.25, 0.3) is 0 Å². The Balaban J connectivity index is 2.65. The van der Waals surface area contributed by atoms with Crippen molar-refractivity contribution in [1.29, 1.82) is 0 Å². The highest BCUT2D eigenvalue weighted by Gasteiger charge is 2.10. The van der Waals surface area contributed by atoms with Crippen LogP contribution in [0.25, 0.3) is 0 Å². The highest BCUT2D eigenvalue weighted by molar-refractivity contribution is 5.33. The number of ether oxygens (including phenoxy) is 1. The van der Waals surface area contributed by atoms with Gasteiger partial charge in [0.2, 0.25) is 0 Å². The van der Waals surface area contributed by atoms with Crippen LogP contribution in [-0.2, 0) is 6.54 Å². The zero-order chi connectivity index (χ0) is 12.7. The van der Waals surface area contributed by atoms with Crippen molar-refractivity contribution in [3.63, 3.8) is 0 Å². The van der Waals surface area contributed by atoms with E-state index in [2.05, 4.69) is 31.2 Å². The molecule has 0 amide bonds. The van der Waals surface area contributed by atoms with E-state index in [1.807, 2.05) is 25.1 Å². The molecule has 17 heavy (non-hydrogen) atoms. The topological polar surface area (TPSA) is 21.3 Å². The van der Waals surface area contributed by atoms with Gasteiger partial charge in [-0.1, -0.05) is 38.0 Å². The third-order valence-electron chi connectivity index (χ3n) is 2.63. The van der Waals surface area contributed by atoms with Crippen LogP contribution in [0.1, 0.15) is 26.3 Å². The van der Waals surface area contributed by atoms with Crippen LogP contribution in [0, 0.1) is 18.3 Å². The van der Waals surface area contributed by atoms with Gasteiger partial charge >= 0.3 is 0 Å². The van der Waals surface area contributed by atoms with E-state index in [0.717, 1.165) is 17.9 Å². The van der Waals surface area contributed by atoms with Crippen molar-refractivity contribution in [1.82, 2.24) is 5.32 Å². The summed E-state index contributed by atoms with van der Waals surface area (Å²) in [7, 11) is 0. The number of benzene rings is 1. The molecule has 0 saturated heterocycles. The van der Waals surface area contributed by atoms with Crippen LogP contribution in [0.4, 0.5) is 0 Å². The zero-order valence-electron chi connectivity index (χ0n) is 10.9. The maximum atomic E-state index is 5.57. The summed E-state index contributed by atoms with van der Waals surface area (Å²) in [5.74, 6) is 4.13. The lowest BCUT2D eigenvalue weighted by atomic mass is 10.0. The summed E-state index contributed by atoms with van der Waals surface area (Å²) >= 11 is 0. The van der Waals surface area contributed by atoms with Crippen molar-refractivity contribution in [2.45, 2.75) is 33.4 Å². The quantitative estimate of drug-likeness (QED) is 0.760. The average molecular weight is 231 g/mol. The maximum Gasteiger partial charge on any atom is 0.123 e. The molecule has 1 unspecified atom stereocenters. The minimum absolute atomic E-state index is 0.102. The van der Waals surface area contributed by atoms with Gasteiger partial charge in [-0.25, -0.2) is 0 Å². The summed E-state index contributed by atoms with van der Waals surface area (Å²) in [6.45, 7) is 7.64. The molecule has 0 spiro atoms. The molecule has 0 aromatic heterocycles. The molecule has 0 aliphatic rings. The molecule has 1 N–H and O–H groups in total. The number of para-hydroxylation sites is 1. The van der Waals surface area contributed by atoms with Crippen LogP contribution < -0.4 is 10.1 Å². The lowest BCUT2D eigenvalue weighted by Gasteiger charge is -2.18. The van der Waals surface area contributed by atoms with Crippen LogP contribution in [0.3, 0.4) is 0 Å². The minimum atomic E-state index is 0.102. The smallest absolute Gasteiger partial charge is 0.123 e. The summed E-state index contributed by atoms with van der Waals surface area (Å²) < 4.78 is 5.57. The van der Waals surface area contributed by atoms with Gasteiger partial charge in [-0.05, 0) is 18.9 Å². The highest BCUT2D eigenvalue weighted by Crippen LogP contribution is 2.18. The van der Waals surface area contributed by atoms with E-state index in [9.17, 15) is 0 Å². The fourth-order valence-corrected chi connectivity index (χ4v) is 1.65. The molecule has 0 aliphatic carbocycles. The molecule has 1 aromatic rings. The second-order valence-electron chi connectivity index (χ2n) is 4.31. The number of hydrogen-bond acceptors (Lipinski definition) is 2. The highest BCUT2D eigenvalue weighted by atomic mass is 16.5. The Kier molecular flexibility index (Phi) is 5.59. The van der Waals surface area contributed by atoms with E-state index in [0.29, 0.717) is 12.5 Å². The monoisotopic (exact) mass is 231 g/mol. The molecule has 1 aromatic carbocycles. The van der Waals surface area contributed by atoms with Gasteiger partial charge in [-0.15, -0.1) is 6.42 Å². The summed E-state index contributed by atoms with van der Waals surface area (Å²) in [4.78, 5) is 0. The number of terminal acetylenes is 1. The van der Waals surface area contributed by atoms with Crippen molar-refractivity contribution in [2.24, 2.45) is 5.92 Å². The molecule has 0 heterocycles. The van der Waals surface area contributed by atoms with E-state index in [1.54, 1.807) is 0 Å². The predicted octanol–water partition coefficient (Wildman–Crippen LogP) is 2.83. The molecule has 1 rings (SSSR count). The molecule has 0 saturated carbocycles. The number of hydrogen-bond donors (Lipinski definition) is 1. The molecule has 0 radical (unpaired) electrons. The van der Waals surface area contributed by atoms with E-state index in [4.69, 9.17) is 11.2 Å². The summed E-state index contributed by atoms with van der Waals surface area (Å²) in [6.07, 6.45) is 5.49. The average Bonchev–Trinajstić information content (AvgIpc) is 2.32. The zero-order valence-corrected chi connectivity index (χ0v) is 10.9. The summed E-state index contributed by atoms with van der Waals surface area (Å²) in [6, 6.07) is 8.15. The maximum absolute atomic E-state index is 5.57. The van der Waals surface area contributed by atoms with Crippen LogP contribution in [0.5, 0.6) is 5.75 Å². The molecular formula is C15H21NO. The second kappa shape index (κ2) is 6.98. The molecule has 92 valence electrons. The van der Waals surface area contributed by atoms with Crippen LogP contribution >= 0.6 is 0 Å². The third-order valence-corrected chi connectivity index (χ3v) is 2.63. The van der Waals surface area contributed by atoms with Crippen molar-refractivity contribution in [3.05, 3.63) is 29.8 Å². The fourth-order valence-electron chi connectivity index (χ4n) is 1.65. The molecular weight excluding hydrogens is 210 g/mol. The third kappa shape index (κ3) is 4.13. The largest absolute Gasteiger partial charge is 0.494 e. The standard InChI is InChI=1S/C15H21NO/c1-5-14(12(3)4)16-11-13-9-7-8-10-15(13)17-6-2/h1,7-10,12,14,16H,6,11H2,2-4H3. The minimum Gasteiger partial charge on any atom is -0.494 e. The Morgan fingerprint density at radius 3 is 2.65 bits per heavy atom. The molecule has 0 bridgehead atoms. The lowest BCUT2D eigenvalue weighted by molar-refractivity contribution is 0.334. The van der Waals surface area contributed by atoms with Crippen LogP contribution in [-0.4, -0.2) is 12.6 Å². The van der Waals surface area contributed by atoms with Gasteiger partial charge in [-0.3, -0.25) is 5.32 Å².